The van der Waals surface area contributed by atoms with Gasteiger partial charge in [0.05, 0.1) is 40.5 Å². The molecular weight excluding hydrogens is 494 g/mol. The third-order valence-electron chi connectivity index (χ3n) is 7.76. The molecule has 3 N–H and O–H groups in total. The van der Waals surface area contributed by atoms with Crippen LogP contribution in [-0.4, -0.2) is 43.5 Å². The third-order valence-corrected chi connectivity index (χ3v) is 7.76. The Morgan fingerprint density at radius 2 is 1.77 bits per heavy atom. The third kappa shape index (κ3) is 4.52. The standard InChI is InChI=1S/C29H27N7O3/c1-18-24(16-32-36(18)22-9-7-19(15-30)8-10-22)27(38)33-20-11-29(12-20)13-23(14-29)39-28-25(26(31)37)17-35(34-28)21-5-3-2-4-6-21/h2-10,16-17,20,23H,11-14H2,1H3,(H2,31,37)(H,33,38)/t20-,23-,29?. The van der Waals surface area contributed by atoms with E-state index in [1.54, 1.807) is 33.9 Å². The number of carbonyl (C=O) groups excluding carboxylic acids is 2. The fourth-order valence-corrected chi connectivity index (χ4v) is 5.73. The Morgan fingerprint density at radius 1 is 1.05 bits per heavy atom. The molecule has 2 aliphatic rings. The van der Waals surface area contributed by atoms with Crippen molar-refractivity contribution in [2.45, 2.75) is 44.8 Å². The van der Waals surface area contributed by atoms with Gasteiger partial charge in [0.2, 0.25) is 5.88 Å². The molecule has 2 saturated carbocycles. The minimum atomic E-state index is -0.578. The average Bonchev–Trinajstić information content (AvgIpc) is 3.50. The number of ether oxygens (including phenoxy) is 1. The van der Waals surface area contributed by atoms with Crippen molar-refractivity contribution in [2.75, 3.05) is 0 Å². The van der Waals surface area contributed by atoms with Crippen molar-refractivity contribution < 1.29 is 14.3 Å². The van der Waals surface area contributed by atoms with E-state index in [2.05, 4.69) is 21.6 Å². The summed E-state index contributed by atoms with van der Waals surface area (Å²) >= 11 is 0. The molecule has 6 rings (SSSR count). The number of nitrogens with zero attached hydrogens (tertiary/aromatic N) is 5. The summed E-state index contributed by atoms with van der Waals surface area (Å²) in [6.07, 6.45) is 6.56. The second-order valence-electron chi connectivity index (χ2n) is 10.4. The van der Waals surface area contributed by atoms with Crippen LogP contribution in [0.3, 0.4) is 0 Å². The Bertz CT molecular complexity index is 1580. The number of hydrogen-bond donors (Lipinski definition) is 2. The van der Waals surface area contributed by atoms with Crippen molar-refractivity contribution in [1.82, 2.24) is 24.9 Å². The highest BCUT2D eigenvalue weighted by molar-refractivity contribution is 5.95. The molecule has 39 heavy (non-hydrogen) atoms. The zero-order valence-electron chi connectivity index (χ0n) is 21.4. The van der Waals surface area contributed by atoms with Gasteiger partial charge in [0.15, 0.2) is 0 Å². The molecule has 10 heteroatoms. The monoisotopic (exact) mass is 521 g/mol. The smallest absolute Gasteiger partial charge is 0.255 e. The van der Waals surface area contributed by atoms with Crippen LogP contribution >= 0.6 is 0 Å². The maximum Gasteiger partial charge on any atom is 0.255 e. The number of benzene rings is 2. The Balaban J connectivity index is 1.03. The van der Waals surface area contributed by atoms with Crippen molar-refractivity contribution in [3.63, 3.8) is 0 Å². The summed E-state index contributed by atoms with van der Waals surface area (Å²) in [6, 6.07) is 18.7. The molecular formula is C29H27N7O3. The van der Waals surface area contributed by atoms with Crippen LogP contribution in [0, 0.1) is 23.7 Å². The normalized spacial score (nSPS) is 21.4. The summed E-state index contributed by atoms with van der Waals surface area (Å²) < 4.78 is 9.39. The lowest BCUT2D eigenvalue weighted by atomic mass is 9.53. The Morgan fingerprint density at radius 3 is 2.44 bits per heavy atom. The SMILES string of the molecule is Cc1c(C(=O)N[C@H]2CC3(C2)C[C@H](Oc2nn(-c4ccccc4)cc2C(N)=O)C3)cnn1-c1ccc(C#N)cc1. The van der Waals surface area contributed by atoms with Crippen LogP contribution in [0.5, 0.6) is 5.88 Å². The lowest BCUT2D eigenvalue weighted by molar-refractivity contribution is -0.0848. The molecule has 0 aliphatic heterocycles. The molecule has 2 aromatic carbocycles. The summed E-state index contributed by atoms with van der Waals surface area (Å²) in [5, 5.41) is 21.0. The minimum Gasteiger partial charge on any atom is -0.473 e. The van der Waals surface area contributed by atoms with E-state index in [9.17, 15) is 9.59 Å². The number of amides is 2. The highest BCUT2D eigenvalue weighted by Gasteiger charge is 2.54. The molecule has 2 fully saturated rings. The maximum absolute atomic E-state index is 13.0. The molecule has 1 spiro atoms. The van der Waals surface area contributed by atoms with Gasteiger partial charge in [0.25, 0.3) is 11.8 Å². The first-order valence-corrected chi connectivity index (χ1v) is 12.8. The van der Waals surface area contributed by atoms with E-state index >= 15 is 0 Å². The summed E-state index contributed by atoms with van der Waals surface area (Å²) in [5.74, 6) is -0.465. The Kier molecular flexibility index (Phi) is 5.91. The second kappa shape index (κ2) is 9.44. The van der Waals surface area contributed by atoms with Crippen molar-refractivity contribution in [1.29, 1.82) is 5.26 Å². The van der Waals surface area contributed by atoms with E-state index < -0.39 is 5.91 Å². The van der Waals surface area contributed by atoms with Gasteiger partial charge < -0.3 is 15.8 Å². The number of primary amides is 1. The summed E-state index contributed by atoms with van der Waals surface area (Å²) in [5.41, 5.74) is 9.42. The molecule has 0 atom stereocenters. The van der Waals surface area contributed by atoms with Crippen molar-refractivity contribution in [3.05, 3.63) is 89.4 Å². The van der Waals surface area contributed by atoms with Crippen molar-refractivity contribution in [3.8, 4) is 23.3 Å². The topological polar surface area (TPSA) is 141 Å². The van der Waals surface area contributed by atoms with Crippen LogP contribution in [0.25, 0.3) is 11.4 Å². The van der Waals surface area contributed by atoms with Crippen LogP contribution in [0.4, 0.5) is 0 Å². The molecule has 0 unspecified atom stereocenters. The zero-order valence-corrected chi connectivity index (χ0v) is 21.4. The lowest BCUT2D eigenvalue weighted by Crippen LogP contribution is -2.58. The zero-order chi connectivity index (χ0) is 27.1. The first kappa shape index (κ1) is 24.4. The summed E-state index contributed by atoms with van der Waals surface area (Å²) in [7, 11) is 0. The Hall–Kier alpha value is -4.91. The number of nitriles is 1. The van der Waals surface area contributed by atoms with Gasteiger partial charge in [0.1, 0.15) is 11.7 Å². The maximum atomic E-state index is 13.0. The molecule has 2 aromatic heterocycles. The van der Waals surface area contributed by atoms with E-state index in [4.69, 9.17) is 15.7 Å². The fourth-order valence-electron chi connectivity index (χ4n) is 5.73. The van der Waals surface area contributed by atoms with Crippen LogP contribution in [0.1, 0.15) is 57.7 Å². The van der Waals surface area contributed by atoms with Crippen LogP contribution < -0.4 is 15.8 Å². The van der Waals surface area contributed by atoms with Crippen LogP contribution in [-0.2, 0) is 0 Å². The average molecular weight is 522 g/mol. The number of hydrogen-bond acceptors (Lipinski definition) is 6. The van der Waals surface area contributed by atoms with Gasteiger partial charge in [-0.25, -0.2) is 9.36 Å². The predicted octanol–water partition coefficient (Wildman–Crippen LogP) is 3.46. The van der Waals surface area contributed by atoms with Gasteiger partial charge in [-0.15, -0.1) is 5.10 Å². The van der Waals surface area contributed by atoms with Crippen LogP contribution in [0.2, 0.25) is 0 Å². The molecule has 196 valence electrons. The summed E-state index contributed by atoms with van der Waals surface area (Å²) in [6.45, 7) is 1.86. The highest BCUT2D eigenvalue weighted by atomic mass is 16.5. The van der Waals surface area contributed by atoms with Gasteiger partial charge in [-0.2, -0.15) is 10.4 Å². The van der Waals surface area contributed by atoms with Gasteiger partial charge in [-0.3, -0.25) is 9.59 Å². The molecule has 4 aromatic rings. The predicted molar refractivity (Wildman–Crippen MR) is 142 cm³/mol. The summed E-state index contributed by atoms with van der Waals surface area (Å²) in [4.78, 5) is 24.9. The largest absolute Gasteiger partial charge is 0.473 e. The molecule has 2 heterocycles. The van der Waals surface area contributed by atoms with E-state index in [-0.39, 0.29) is 34.9 Å². The van der Waals surface area contributed by atoms with Gasteiger partial charge >= 0.3 is 0 Å². The first-order valence-electron chi connectivity index (χ1n) is 12.8. The molecule has 2 aliphatic carbocycles. The van der Waals surface area contributed by atoms with Crippen molar-refractivity contribution in [2.24, 2.45) is 11.1 Å². The van der Waals surface area contributed by atoms with Crippen LogP contribution in [0.15, 0.2) is 67.0 Å². The molecule has 0 radical (unpaired) electrons. The number of carbonyl (C=O) groups is 2. The van der Waals surface area contributed by atoms with E-state index in [1.807, 2.05) is 49.4 Å². The number of aromatic nitrogens is 4. The van der Waals surface area contributed by atoms with E-state index in [0.717, 1.165) is 42.8 Å². The minimum absolute atomic E-state index is 0.0493. The second-order valence-corrected chi connectivity index (χ2v) is 10.4. The number of rotatable bonds is 7. The lowest BCUT2D eigenvalue weighted by Gasteiger charge is -2.57. The Labute approximate surface area is 225 Å². The first-order chi connectivity index (χ1) is 18.8. The molecule has 0 saturated heterocycles. The van der Waals surface area contributed by atoms with Gasteiger partial charge in [-0.05, 0) is 74.4 Å². The van der Waals surface area contributed by atoms with Gasteiger partial charge in [0, 0.05) is 12.2 Å². The molecule has 2 amide bonds. The quantitative estimate of drug-likeness (QED) is 0.382. The fraction of sp³-hybridized carbons (Fsp3) is 0.276. The molecule has 10 nitrogen and oxygen atoms in total. The number of nitrogens with one attached hydrogen (secondary N) is 1. The number of nitrogens with two attached hydrogens (primary N) is 1. The highest BCUT2D eigenvalue weighted by Crippen LogP contribution is 2.56. The van der Waals surface area contributed by atoms with Crippen molar-refractivity contribution >= 4 is 11.8 Å². The van der Waals surface area contributed by atoms with Gasteiger partial charge in [-0.1, -0.05) is 18.2 Å². The number of para-hydroxylation sites is 1. The van der Waals surface area contributed by atoms with E-state index in [0.29, 0.717) is 11.1 Å². The molecule has 0 bridgehead atoms. The van der Waals surface area contributed by atoms with E-state index in [1.165, 1.54) is 0 Å².